The average Bonchev–Trinajstić information content (AvgIpc) is 2.70. The van der Waals surface area contributed by atoms with E-state index in [0.29, 0.717) is 16.7 Å². The van der Waals surface area contributed by atoms with Crippen molar-refractivity contribution in [2.45, 2.75) is 9.75 Å². The van der Waals surface area contributed by atoms with Gasteiger partial charge in [-0.3, -0.25) is 20.2 Å². The minimum atomic E-state index is -1.45. The molecule has 28 heavy (non-hydrogen) atoms. The van der Waals surface area contributed by atoms with Crippen molar-refractivity contribution in [1.29, 1.82) is 0 Å². The molecule has 0 saturated carbocycles. The number of rotatable bonds is 2. The Morgan fingerprint density at radius 3 is 1.54 bits per heavy atom. The number of hydrogen-bond acceptors (Lipinski definition) is 4. The van der Waals surface area contributed by atoms with Crippen molar-refractivity contribution in [1.82, 2.24) is 0 Å². The highest BCUT2D eigenvalue weighted by Gasteiger charge is 2.61. The van der Waals surface area contributed by atoms with Crippen LogP contribution < -0.4 is 0 Å². The second-order valence-corrected chi connectivity index (χ2v) is 7.91. The number of nitro groups is 2. The van der Waals surface area contributed by atoms with Crippen molar-refractivity contribution in [3.63, 3.8) is 0 Å². The molecule has 8 heteroatoms. The van der Waals surface area contributed by atoms with Crippen LogP contribution in [0, 0.1) is 20.2 Å². The fourth-order valence-corrected chi connectivity index (χ4v) is 5.57. The first kappa shape index (κ1) is 17.2. The zero-order chi connectivity index (χ0) is 19.8. The van der Waals surface area contributed by atoms with E-state index in [1.54, 1.807) is 24.3 Å². The number of halogens is 2. The lowest BCUT2D eigenvalue weighted by atomic mass is 9.59. The molecule has 0 fully saturated rings. The summed E-state index contributed by atoms with van der Waals surface area (Å²) in [6, 6.07) is 17.0. The third-order valence-electron chi connectivity index (χ3n) is 5.59. The summed E-state index contributed by atoms with van der Waals surface area (Å²) in [5.74, 6) is 0. The van der Waals surface area contributed by atoms with Crippen LogP contribution in [0.2, 0.25) is 0 Å². The van der Waals surface area contributed by atoms with Gasteiger partial charge >= 0.3 is 11.4 Å². The summed E-state index contributed by atoms with van der Waals surface area (Å²) in [5, 5.41) is 23.5. The molecule has 3 aromatic carbocycles. The minimum Gasteiger partial charge on any atom is -0.258 e. The molecular formula is C20H10Cl2N2O4. The van der Waals surface area contributed by atoms with Crippen molar-refractivity contribution < 1.29 is 9.85 Å². The van der Waals surface area contributed by atoms with Crippen molar-refractivity contribution in [3.8, 4) is 0 Å². The molecular weight excluding hydrogens is 403 g/mol. The Bertz CT molecular complexity index is 1180. The fourth-order valence-electron chi connectivity index (χ4n) is 4.57. The summed E-state index contributed by atoms with van der Waals surface area (Å²) >= 11 is 14.4. The summed E-state index contributed by atoms with van der Waals surface area (Å²) in [6.07, 6.45) is 0. The summed E-state index contributed by atoms with van der Waals surface area (Å²) in [7, 11) is 0. The summed E-state index contributed by atoms with van der Waals surface area (Å²) in [5.41, 5.74) is 1.89. The Labute approximate surface area is 168 Å². The smallest absolute Gasteiger partial charge is 0.258 e. The van der Waals surface area contributed by atoms with Gasteiger partial charge in [-0.05, 0) is 33.9 Å². The second-order valence-electron chi connectivity index (χ2n) is 6.78. The molecule has 6 rings (SSSR count). The van der Waals surface area contributed by atoms with Gasteiger partial charge in [-0.1, -0.05) is 48.5 Å². The number of nitrogens with zero attached hydrogens (tertiary/aromatic N) is 2. The van der Waals surface area contributed by atoms with Crippen LogP contribution in [-0.4, -0.2) is 9.85 Å². The fraction of sp³-hybridized carbons (Fsp3) is 0.100. The van der Waals surface area contributed by atoms with E-state index in [4.69, 9.17) is 23.2 Å². The Morgan fingerprint density at radius 2 is 1.11 bits per heavy atom. The van der Waals surface area contributed by atoms with Crippen LogP contribution in [-0.2, 0) is 9.75 Å². The average molecular weight is 413 g/mol. The third kappa shape index (κ3) is 1.75. The maximum Gasteiger partial charge on any atom is 0.352 e. The normalized spacial score (nSPS) is 23.5. The first-order valence-electron chi connectivity index (χ1n) is 8.37. The molecule has 0 unspecified atom stereocenters. The van der Waals surface area contributed by atoms with Gasteiger partial charge in [0.15, 0.2) is 0 Å². The molecule has 0 atom stereocenters. The van der Waals surface area contributed by atoms with Crippen LogP contribution in [0.25, 0.3) is 0 Å². The molecule has 0 heterocycles. The molecule has 138 valence electrons. The van der Waals surface area contributed by atoms with Crippen molar-refractivity contribution >= 4 is 34.6 Å². The number of alkyl halides is 2. The second kappa shape index (κ2) is 5.31. The van der Waals surface area contributed by atoms with Gasteiger partial charge < -0.3 is 0 Å². The van der Waals surface area contributed by atoms with Crippen LogP contribution in [0.1, 0.15) is 33.4 Å². The van der Waals surface area contributed by atoms with Gasteiger partial charge in [0.2, 0.25) is 0 Å². The molecule has 3 aliphatic carbocycles. The van der Waals surface area contributed by atoms with Crippen LogP contribution in [0.15, 0.2) is 60.7 Å². The standard InChI is InChI=1S/C20H10Cl2N2O4/c21-19-11-5-1-3-7-13(11)20(22,14-8-4-2-6-12(14)19)17-15(19)9-10-16(23(25)26)18(17)24(27)28/h1-10H. The van der Waals surface area contributed by atoms with E-state index in [0.717, 1.165) is 17.2 Å². The number of benzene rings is 3. The molecule has 0 saturated heterocycles. The predicted octanol–water partition coefficient (Wildman–Crippen LogP) is 5.19. The lowest BCUT2D eigenvalue weighted by Gasteiger charge is -2.50. The van der Waals surface area contributed by atoms with E-state index in [1.807, 2.05) is 24.3 Å². The van der Waals surface area contributed by atoms with Gasteiger partial charge in [0.1, 0.15) is 9.75 Å². The lowest BCUT2D eigenvalue weighted by molar-refractivity contribution is -0.423. The summed E-state index contributed by atoms with van der Waals surface area (Å²) in [6.45, 7) is 0. The zero-order valence-corrected chi connectivity index (χ0v) is 15.6. The Kier molecular flexibility index (Phi) is 3.25. The van der Waals surface area contributed by atoms with E-state index in [1.165, 1.54) is 6.07 Å². The van der Waals surface area contributed by atoms with Crippen molar-refractivity contribution in [2.75, 3.05) is 0 Å². The molecule has 0 radical (unpaired) electrons. The molecule has 0 amide bonds. The van der Waals surface area contributed by atoms with E-state index in [2.05, 4.69) is 0 Å². The quantitative estimate of drug-likeness (QED) is 0.329. The van der Waals surface area contributed by atoms with Crippen LogP contribution in [0.4, 0.5) is 11.4 Å². The summed E-state index contributed by atoms with van der Waals surface area (Å²) < 4.78 is 0. The van der Waals surface area contributed by atoms with Gasteiger partial charge in [-0.2, -0.15) is 0 Å². The highest BCUT2D eigenvalue weighted by Crippen LogP contribution is 2.67. The topological polar surface area (TPSA) is 86.3 Å². The molecule has 2 bridgehead atoms. The molecule has 0 aromatic heterocycles. The SMILES string of the molecule is O=[N+]([O-])c1ccc2c(c1[N+](=O)[O-])C1(Cl)c3ccccc3C2(Cl)c2ccccc21. The Morgan fingerprint density at radius 1 is 0.643 bits per heavy atom. The highest BCUT2D eigenvalue weighted by molar-refractivity contribution is 6.35. The van der Waals surface area contributed by atoms with Crippen molar-refractivity contribution in [2.24, 2.45) is 0 Å². The maximum absolute atomic E-state index is 11.9. The first-order chi connectivity index (χ1) is 13.3. The first-order valence-corrected chi connectivity index (χ1v) is 9.13. The third-order valence-corrected chi connectivity index (χ3v) is 6.80. The lowest BCUT2D eigenvalue weighted by Crippen LogP contribution is -2.46. The molecule has 0 aliphatic heterocycles. The zero-order valence-electron chi connectivity index (χ0n) is 14.1. The largest absolute Gasteiger partial charge is 0.352 e. The van der Waals surface area contributed by atoms with Crippen LogP contribution >= 0.6 is 23.2 Å². The van der Waals surface area contributed by atoms with Crippen molar-refractivity contribution in [3.05, 3.63) is 114 Å². The summed E-state index contributed by atoms with van der Waals surface area (Å²) in [4.78, 5) is 19.3. The Hall–Kier alpha value is -2.96. The molecule has 6 nitrogen and oxygen atoms in total. The Balaban J connectivity index is 2.05. The molecule has 0 N–H and O–H groups in total. The van der Waals surface area contributed by atoms with Gasteiger partial charge in [0.05, 0.1) is 15.4 Å². The van der Waals surface area contributed by atoms with E-state index < -0.39 is 31.0 Å². The number of nitro benzene ring substituents is 2. The van der Waals surface area contributed by atoms with Gasteiger partial charge in [0, 0.05) is 6.07 Å². The van der Waals surface area contributed by atoms with Gasteiger partial charge in [0.25, 0.3) is 0 Å². The number of hydrogen-bond donors (Lipinski definition) is 0. The minimum absolute atomic E-state index is 0.0702. The van der Waals surface area contributed by atoms with E-state index >= 15 is 0 Å². The molecule has 3 aliphatic rings. The monoisotopic (exact) mass is 412 g/mol. The highest BCUT2D eigenvalue weighted by atomic mass is 35.5. The molecule has 3 aromatic rings. The predicted molar refractivity (Wildman–Crippen MR) is 104 cm³/mol. The van der Waals surface area contributed by atoms with E-state index in [9.17, 15) is 20.2 Å². The van der Waals surface area contributed by atoms with Crippen LogP contribution in [0.5, 0.6) is 0 Å². The van der Waals surface area contributed by atoms with Crippen LogP contribution in [0.3, 0.4) is 0 Å². The van der Waals surface area contributed by atoms with E-state index in [-0.39, 0.29) is 5.56 Å². The maximum atomic E-state index is 11.9. The molecule has 0 spiro atoms. The van der Waals surface area contributed by atoms with Gasteiger partial charge in [-0.25, -0.2) is 0 Å². The van der Waals surface area contributed by atoms with Gasteiger partial charge in [-0.15, -0.1) is 23.2 Å².